The van der Waals surface area contributed by atoms with Crippen LogP contribution in [0.3, 0.4) is 0 Å². The second kappa shape index (κ2) is 11.4. The van der Waals surface area contributed by atoms with E-state index >= 15 is 0 Å². The van der Waals surface area contributed by atoms with Crippen molar-refractivity contribution in [2.24, 2.45) is 0 Å². The van der Waals surface area contributed by atoms with Gasteiger partial charge in [-0.2, -0.15) is 0 Å². The molecule has 32 heavy (non-hydrogen) atoms. The lowest BCUT2D eigenvalue weighted by Gasteiger charge is -2.36. The van der Waals surface area contributed by atoms with Gasteiger partial charge in [-0.05, 0) is 62.2 Å². The Labute approximate surface area is 191 Å². The third kappa shape index (κ3) is 7.05. The first-order valence-corrected chi connectivity index (χ1v) is 12.7. The number of carbonyl (C=O) groups excluding carboxylic acids is 1. The molecule has 1 fully saturated rings. The summed E-state index contributed by atoms with van der Waals surface area (Å²) in [6.07, 6.45) is 1.01. The maximum absolute atomic E-state index is 12.4. The Morgan fingerprint density at radius 2 is 1.66 bits per heavy atom. The summed E-state index contributed by atoms with van der Waals surface area (Å²) < 4.78 is 27.3. The minimum Gasteiger partial charge on any atom is -0.369 e. The van der Waals surface area contributed by atoms with Crippen LogP contribution in [0.25, 0.3) is 0 Å². The summed E-state index contributed by atoms with van der Waals surface area (Å²) in [7, 11) is -3.60. The smallest absolute Gasteiger partial charge is 0.240 e. The summed E-state index contributed by atoms with van der Waals surface area (Å²) in [5.41, 5.74) is 3.24. The second-order valence-corrected chi connectivity index (χ2v) is 10.0. The fourth-order valence-corrected chi connectivity index (χ4v) is 4.87. The number of anilines is 1. The number of amides is 1. The summed E-state index contributed by atoms with van der Waals surface area (Å²) >= 11 is 0. The van der Waals surface area contributed by atoms with Crippen LogP contribution >= 0.6 is 0 Å². The SMILES string of the molecule is Cc1ccc(S(=O)(=O)NCCC(=O)NCCCN2CCN(c3ccccc3)CC2)cc1C. The van der Waals surface area contributed by atoms with Crippen molar-refractivity contribution >= 4 is 21.6 Å². The van der Waals surface area contributed by atoms with Crippen LogP contribution in [0.5, 0.6) is 0 Å². The fraction of sp³-hybridized carbons (Fsp3) is 0.458. The number of sulfonamides is 1. The number of nitrogens with one attached hydrogen (secondary N) is 2. The fourth-order valence-electron chi connectivity index (χ4n) is 3.75. The van der Waals surface area contributed by atoms with Crippen molar-refractivity contribution in [1.29, 1.82) is 0 Å². The zero-order valence-corrected chi connectivity index (χ0v) is 19.8. The number of benzene rings is 2. The van der Waals surface area contributed by atoms with Gasteiger partial charge in [-0.3, -0.25) is 9.69 Å². The van der Waals surface area contributed by atoms with Crippen molar-refractivity contribution in [3.05, 3.63) is 59.7 Å². The molecule has 1 amide bonds. The summed E-state index contributed by atoms with van der Waals surface area (Å²) in [4.78, 5) is 17.1. The number of piperazine rings is 1. The predicted octanol–water partition coefficient (Wildman–Crippen LogP) is 2.30. The molecule has 1 aliphatic rings. The van der Waals surface area contributed by atoms with Crippen molar-refractivity contribution in [3.8, 4) is 0 Å². The normalized spacial score (nSPS) is 15.0. The van der Waals surface area contributed by atoms with Crippen molar-refractivity contribution in [2.45, 2.75) is 31.6 Å². The molecule has 0 radical (unpaired) electrons. The van der Waals surface area contributed by atoms with Gasteiger partial charge in [0.15, 0.2) is 0 Å². The molecule has 2 N–H and O–H groups in total. The minimum atomic E-state index is -3.60. The third-order valence-electron chi connectivity index (χ3n) is 5.90. The molecule has 0 aliphatic carbocycles. The van der Waals surface area contributed by atoms with Crippen LogP contribution in [-0.4, -0.2) is 65.0 Å². The molecule has 174 valence electrons. The number of aryl methyl sites for hydroxylation is 2. The van der Waals surface area contributed by atoms with Crippen LogP contribution < -0.4 is 14.9 Å². The quantitative estimate of drug-likeness (QED) is 0.534. The maximum Gasteiger partial charge on any atom is 0.240 e. The lowest BCUT2D eigenvalue weighted by molar-refractivity contribution is -0.120. The second-order valence-electron chi connectivity index (χ2n) is 8.26. The van der Waals surface area contributed by atoms with E-state index in [1.165, 1.54) is 5.69 Å². The van der Waals surface area contributed by atoms with E-state index in [1.54, 1.807) is 18.2 Å². The van der Waals surface area contributed by atoms with E-state index in [1.807, 2.05) is 19.9 Å². The van der Waals surface area contributed by atoms with E-state index in [0.29, 0.717) is 6.54 Å². The van der Waals surface area contributed by atoms with Crippen molar-refractivity contribution < 1.29 is 13.2 Å². The number of carbonyl (C=O) groups is 1. The molecule has 2 aromatic rings. The van der Waals surface area contributed by atoms with Gasteiger partial charge in [0, 0.05) is 51.4 Å². The van der Waals surface area contributed by atoms with Gasteiger partial charge in [-0.15, -0.1) is 0 Å². The number of rotatable bonds is 10. The monoisotopic (exact) mass is 458 g/mol. The van der Waals surface area contributed by atoms with Gasteiger partial charge in [0.1, 0.15) is 0 Å². The molecule has 3 rings (SSSR count). The van der Waals surface area contributed by atoms with Gasteiger partial charge in [0.05, 0.1) is 4.90 Å². The zero-order chi connectivity index (χ0) is 23.0. The van der Waals surface area contributed by atoms with Crippen LogP contribution in [0, 0.1) is 13.8 Å². The number of nitrogens with zero attached hydrogens (tertiary/aromatic N) is 2. The number of para-hydroxylation sites is 1. The molecule has 2 aromatic carbocycles. The first kappa shape index (κ1) is 24.2. The molecule has 0 atom stereocenters. The molecule has 0 bridgehead atoms. The van der Waals surface area contributed by atoms with Crippen LogP contribution in [0.15, 0.2) is 53.4 Å². The zero-order valence-electron chi connectivity index (χ0n) is 19.0. The average molecular weight is 459 g/mol. The first-order valence-electron chi connectivity index (χ1n) is 11.2. The molecular formula is C24H34N4O3S. The van der Waals surface area contributed by atoms with E-state index in [2.05, 4.69) is 44.1 Å². The van der Waals surface area contributed by atoms with Crippen LogP contribution in [0.4, 0.5) is 5.69 Å². The van der Waals surface area contributed by atoms with E-state index in [0.717, 1.165) is 50.3 Å². The molecule has 7 nitrogen and oxygen atoms in total. The summed E-state index contributed by atoms with van der Waals surface area (Å²) in [5, 5.41) is 2.89. The Bertz CT molecular complexity index is 988. The maximum atomic E-state index is 12.4. The highest BCUT2D eigenvalue weighted by molar-refractivity contribution is 7.89. The topological polar surface area (TPSA) is 81.7 Å². The number of hydrogen-bond acceptors (Lipinski definition) is 5. The molecule has 0 spiro atoms. The molecule has 0 saturated carbocycles. The Kier molecular flexibility index (Phi) is 8.67. The lowest BCUT2D eigenvalue weighted by atomic mass is 10.1. The highest BCUT2D eigenvalue weighted by Crippen LogP contribution is 2.16. The average Bonchev–Trinajstić information content (AvgIpc) is 2.79. The van der Waals surface area contributed by atoms with Gasteiger partial charge in [-0.1, -0.05) is 24.3 Å². The molecule has 1 heterocycles. The summed E-state index contributed by atoms with van der Waals surface area (Å²) in [6.45, 7) is 9.51. The van der Waals surface area contributed by atoms with Crippen LogP contribution in [-0.2, 0) is 14.8 Å². The van der Waals surface area contributed by atoms with Gasteiger partial charge in [-0.25, -0.2) is 13.1 Å². The summed E-state index contributed by atoms with van der Waals surface area (Å²) in [5.74, 6) is -0.137. The molecule has 8 heteroatoms. The molecular weight excluding hydrogens is 424 g/mol. The third-order valence-corrected chi connectivity index (χ3v) is 7.36. The Morgan fingerprint density at radius 1 is 0.938 bits per heavy atom. The Hall–Kier alpha value is -2.42. The lowest BCUT2D eigenvalue weighted by Crippen LogP contribution is -2.47. The van der Waals surface area contributed by atoms with Crippen molar-refractivity contribution in [1.82, 2.24) is 14.9 Å². The van der Waals surface area contributed by atoms with Crippen LogP contribution in [0.2, 0.25) is 0 Å². The van der Waals surface area contributed by atoms with Gasteiger partial charge >= 0.3 is 0 Å². The predicted molar refractivity (Wildman–Crippen MR) is 128 cm³/mol. The van der Waals surface area contributed by atoms with Crippen molar-refractivity contribution in [2.75, 3.05) is 50.7 Å². The summed E-state index contributed by atoms with van der Waals surface area (Å²) in [6, 6.07) is 15.5. The van der Waals surface area contributed by atoms with Crippen molar-refractivity contribution in [3.63, 3.8) is 0 Å². The van der Waals surface area contributed by atoms with E-state index < -0.39 is 10.0 Å². The standard InChI is InChI=1S/C24H34N4O3S/c1-20-9-10-23(19-21(20)2)32(30,31)26-13-11-24(29)25-12-6-14-27-15-17-28(18-16-27)22-7-4-3-5-8-22/h3-5,7-10,19,26H,6,11-18H2,1-2H3,(H,25,29). The minimum absolute atomic E-state index is 0.0858. The van der Waals surface area contributed by atoms with E-state index in [-0.39, 0.29) is 23.8 Å². The van der Waals surface area contributed by atoms with E-state index in [4.69, 9.17) is 0 Å². The first-order chi connectivity index (χ1) is 15.3. The van der Waals surface area contributed by atoms with Gasteiger partial charge < -0.3 is 10.2 Å². The largest absolute Gasteiger partial charge is 0.369 e. The van der Waals surface area contributed by atoms with E-state index in [9.17, 15) is 13.2 Å². The Morgan fingerprint density at radius 3 is 2.34 bits per heavy atom. The van der Waals surface area contributed by atoms with Crippen LogP contribution in [0.1, 0.15) is 24.0 Å². The highest BCUT2D eigenvalue weighted by Gasteiger charge is 2.17. The molecule has 1 saturated heterocycles. The Balaban J connectivity index is 1.28. The van der Waals surface area contributed by atoms with Gasteiger partial charge in [0.25, 0.3) is 0 Å². The van der Waals surface area contributed by atoms with Gasteiger partial charge in [0.2, 0.25) is 15.9 Å². The molecule has 0 unspecified atom stereocenters. The molecule has 1 aliphatic heterocycles. The number of hydrogen-bond donors (Lipinski definition) is 2. The highest BCUT2D eigenvalue weighted by atomic mass is 32.2. The molecule has 0 aromatic heterocycles.